The maximum absolute atomic E-state index is 4.55. The van der Waals surface area contributed by atoms with Crippen LogP contribution in [0.5, 0.6) is 0 Å². The van der Waals surface area contributed by atoms with Gasteiger partial charge in [-0.2, -0.15) is 0 Å². The third-order valence-electron chi connectivity index (χ3n) is 2.65. The van der Waals surface area contributed by atoms with E-state index in [4.69, 9.17) is 0 Å². The maximum Gasteiger partial charge on any atom is 0.194 e. The van der Waals surface area contributed by atoms with Gasteiger partial charge in [0.2, 0.25) is 0 Å². The van der Waals surface area contributed by atoms with Crippen LogP contribution in [0.25, 0.3) is 4.96 Å². The van der Waals surface area contributed by atoms with Gasteiger partial charge in [0.1, 0.15) is 0 Å². The molecule has 3 nitrogen and oxygen atoms in total. The molecule has 0 fully saturated rings. The van der Waals surface area contributed by atoms with Crippen molar-refractivity contribution in [3.05, 3.63) is 35.1 Å². The molecule has 86 valence electrons. The van der Waals surface area contributed by atoms with Crippen LogP contribution in [0.3, 0.4) is 0 Å². The number of hydrogen-bond donors (Lipinski definition) is 1. The van der Waals surface area contributed by atoms with Crippen molar-refractivity contribution in [1.29, 1.82) is 0 Å². The van der Waals surface area contributed by atoms with Crippen molar-refractivity contribution in [3.8, 4) is 0 Å². The highest BCUT2D eigenvalue weighted by Crippen LogP contribution is 2.20. The highest BCUT2D eigenvalue weighted by atomic mass is 32.1. The van der Waals surface area contributed by atoms with Crippen molar-refractivity contribution < 1.29 is 0 Å². The predicted molar refractivity (Wildman–Crippen MR) is 69.1 cm³/mol. The maximum atomic E-state index is 4.55. The molecule has 2 aromatic rings. The Labute approximate surface area is 99.8 Å². The van der Waals surface area contributed by atoms with Crippen LogP contribution in [0.4, 0.5) is 0 Å². The summed E-state index contributed by atoms with van der Waals surface area (Å²) in [6.45, 7) is 9.75. The Morgan fingerprint density at radius 2 is 2.38 bits per heavy atom. The van der Waals surface area contributed by atoms with Gasteiger partial charge in [-0.3, -0.25) is 4.40 Å². The lowest BCUT2D eigenvalue weighted by Crippen LogP contribution is -2.16. The van der Waals surface area contributed by atoms with E-state index in [1.165, 1.54) is 11.4 Å². The van der Waals surface area contributed by atoms with E-state index in [0.29, 0.717) is 0 Å². The Morgan fingerprint density at radius 3 is 3.12 bits per heavy atom. The number of aromatic nitrogens is 2. The van der Waals surface area contributed by atoms with Gasteiger partial charge in [-0.25, -0.2) is 4.98 Å². The van der Waals surface area contributed by atoms with E-state index in [1.807, 2.05) is 6.08 Å². The Bertz CT molecular complexity index is 496. The van der Waals surface area contributed by atoms with E-state index in [2.05, 4.69) is 40.5 Å². The van der Waals surface area contributed by atoms with Crippen LogP contribution >= 0.6 is 11.3 Å². The van der Waals surface area contributed by atoms with Crippen molar-refractivity contribution in [3.63, 3.8) is 0 Å². The molecule has 0 aliphatic rings. The zero-order chi connectivity index (χ0) is 11.5. The number of nitrogens with one attached hydrogen (secondary N) is 1. The fourth-order valence-electron chi connectivity index (χ4n) is 1.79. The largest absolute Gasteiger partial charge is 0.311 e. The summed E-state index contributed by atoms with van der Waals surface area (Å²) in [5, 5.41) is 5.56. The van der Waals surface area contributed by atoms with Crippen LogP contribution in [0.2, 0.25) is 0 Å². The number of rotatable bonds is 5. The first-order valence-electron chi connectivity index (χ1n) is 5.47. The topological polar surface area (TPSA) is 29.3 Å². The summed E-state index contributed by atoms with van der Waals surface area (Å²) in [6.07, 6.45) is 2.94. The van der Waals surface area contributed by atoms with Gasteiger partial charge in [-0.05, 0) is 26.8 Å². The van der Waals surface area contributed by atoms with Crippen molar-refractivity contribution in [2.45, 2.75) is 26.8 Å². The minimum absolute atomic E-state index is 0.873. The normalized spacial score (nSPS) is 11.1. The van der Waals surface area contributed by atoms with Gasteiger partial charge in [0.05, 0.1) is 11.4 Å². The van der Waals surface area contributed by atoms with Gasteiger partial charge in [0, 0.05) is 17.6 Å². The molecule has 0 saturated heterocycles. The molecule has 0 radical (unpaired) electrons. The molecule has 0 unspecified atom stereocenters. The van der Waals surface area contributed by atoms with Crippen LogP contribution in [-0.4, -0.2) is 15.9 Å². The second-order valence-corrected chi connectivity index (χ2v) is 4.73. The zero-order valence-electron chi connectivity index (χ0n) is 9.79. The number of aryl methyl sites for hydroxylation is 2. The average Bonchev–Trinajstić information content (AvgIpc) is 2.75. The smallest absolute Gasteiger partial charge is 0.194 e. The summed E-state index contributed by atoms with van der Waals surface area (Å²) in [5.74, 6) is 0. The lowest BCUT2D eigenvalue weighted by atomic mass is 10.3. The van der Waals surface area contributed by atoms with E-state index in [1.54, 1.807) is 11.3 Å². The molecule has 0 saturated carbocycles. The third-order valence-corrected chi connectivity index (χ3v) is 3.59. The van der Waals surface area contributed by atoms with Gasteiger partial charge in [0.25, 0.3) is 0 Å². The summed E-state index contributed by atoms with van der Waals surface area (Å²) in [5.41, 5.74) is 3.67. The number of imidazole rings is 1. The Balaban J connectivity index is 2.18. The standard InChI is InChI=1S/C12H17N3S/c1-4-5-6-13-7-11-10(3)14-12-15(11)9(2)8-16-12/h4,8,13H,1,5-7H2,2-3H3. The van der Waals surface area contributed by atoms with Crippen LogP contribution in [-0.2, 0) is 6.54 Å². The minimum Gasteiger partial charge on any atom is -0.311 e. The van der Waals surface area contributed by atoms with Crippen molar-refractivity contribution in [2.24, 2.45) is 0 Å². The fourth-order valence-corrected chi connectivity index (χ4v) is 2.72. The van der Waals surface area contributed by atoms with Gasteiger partial charge in [-0.15, -0.1) is 17.9 Å². The predicted octanol–water partition coefficient (Wildman–Crippen LogP) is 2.68. The fraction of sp³-hybridized carbons (Fsp3) is 0.417. The van der Waals surface area contributed by atoms with Gasteiger partial charge in [0.15, 0.2) is 4.96 Å². The van der Waals surface area contributed by atoms with Gasteiger partial charge < -0.3 is 5.32 Å². The second kappa shape index (κ2) is 4.80. The average molecular weight is 235 g/mol. The quantitative estimate of drug-likeness (QED) is 0.638. The Hall–Kier alpha value is -1.13. The minimum atomic E-state index is 0.873. The molecule has 16 heavy (non-hydrogen) atoms. The highest BCUT2D eigenvalue weighted by Gasteiger charge is 2.10. The molecule has 2 aromatic heterocycles. The molecule has 2 heterocycles. The number of thiazole rings is 1. The SMILES string of the molecule is C=CCCNCc1c(C)nc2scc(C)n12. The summed E-state index contributed by atoms with van der Waals surface area (Å²) >= 11 is 1.70. The molecule has 0 atom stereocenters. The third kappa shape index (κ3) is 2.03. The number of hydrogen-bond acceptors (Lipinski definition) is 3. The molecule has 2 rings (SSSR count). The van der Waals surface area contributed by atoms with E-state index in [-0.39, 0.29) is 0 Å². The molecule has 0 bridgehead atoms. The zero-order valence-corrected chi connectivity index (χ0v) is 10.6. The Kier molecular flexibility index (Phi) is 3.41. The van der Waals surface area contributed by atoms with E-state index in [0.717, 1.165) is 30.2 Å². The van der Waals surface area contributed by atoms with Gasteiger partial charge in [-0.1, -0.05) is 6.08 Å². The number of fused-ring (bicyclic) bond motifs is 1. The molecular weight excluding hydrogens is 218 g/mol. The first-order valence-corrected chi connectivity index (χ1v) is 6.35. The van der Waals surface area contributed by atoms with E-state index < -0.39 is 0 Å². The second-order valence-electron chi connectivity index (χ2n) is 3.89. The van der Waals surface area contributed by atoms with Gasteiger partial charge >= 0.3 is 0 Å². The highest BCUT2D eigenvalue weighted by molar-refractivity contribution is 7.15. The lowest BCUT2D eigenvalue weighted by molar-refractivity contribution is 0.674. The van der Waals surface area contributed by atoms with Crippen molar-refractivity contribution in [1.82, 2.24) is 14.7 Å². The molecule has 4 heteroatoms. The number of nitrogens with zero attached hydrogens (tertiary/aromatic N) is 2. The summed E-state index contributed by atoms with van der Waals surface area (Å²) < 4.78 is 2.24. The van der Waals surface area contributed by atoms with E-state index >= 15 is 0 Å². The molecule has 1 N–H and O–H groups in total. The van der Waals surface area contributed by atoms with Crippen LogP contribution in [0.15, 0.2) is 18.0 Å². The monoisotopic (exact) mass is 235 g/mol. The van der Waals surface area contributed by atoms with Crippen LogP contribution in [0, 0.1) is 13.8 Å². The molecule has 0 amide bonds. The lowest BCUT2D eigenvalue weighted by Gasteiger charge is -2.04. The summed E-state index contributed by atoms with van der Waals surface area (Å²) in [7, 11) is 0. The Morgan fingerprint density at radius 1 is 1.56 bits per heavy atom. The first-order chi connectivity index (χ1) is 7.74. The first kappa shape index (κ1) is 11.4. The molecule has 0 aliphatic carbocycles. The molecule has 0 spiro atoms. The summed E-state index contributed by atoms with van der Waals surface area (Å²) in [6, 6.07) is 0. The molecule has 0 aliphatic heterocycles. The van der Waals surface area contributed by atoms with Crippen molar-refractivity contribution in [2.75, 3.05) is 6.54 Å². The molecule has 0 aromatic carbocycles. The van der Waals surface area contributed by atoms with Crippen molar-refractivity contribution >= 4 is 16.3 Å². The summed E-state index contributed by atoms with van der Waals surface area (Å²) in [4.78, 5) is 5.65. The van der Waals surface area contributed by atoms with Crippen LogP contribution in [0.1, 0.15) is 23.5 Å². The van der Waals surface area contributed by atoms with E-state index in [9.17, 15) is 0 Å². The molecular formula is C12H17N3S. The van der Waals surface area contributed by atoms with Crippen LogP contribution < -0.4 is 5.32 Å².